The normalized spacial score (nSPS) is 22.6. The Bertz CT molecular complexity index is 499. The highest BCUT2D eigenvalue weighted by atomic mass is 19.2. The summed E-state index contributed by atoms with van der Waals surface area (Å²) < 4.78 is 39.5. The van der Waals surface area contributed by atoms with Gasteiger partial charge in [-0.2, -0.15) is 0 Å². The molecule has 110 valence electrons. The molecular weight excluding hydrogens is 269 g/mol. The quantitative estimate of drug-likeness (QED) is 0.839. The molecule has 1 saturated carbocycles. The minimum Gasteiger partial charge on any atom is -0.330 e. The lowest BCUT2D eigenvalue weighted by Gasteiger charge is -2.26. The van der Waals surface area contributed by atoms with E-state index in [1.807, 2.05) is 0 Å². The molecule has 0 spiro atoms. The minimum atomic E-state index is -1.31. The molecule has 1 aliphatic rings. The van der Waals surface area contributed by atoms with Crippen LogP contribution in [0.25, 0.3) is 0 Å². The zero-order valence-corrected chi connectivity index (χ0v) is 11.0. The van der Waals surface area contributed by atoms with Crippen LogP contribution in [0.4, 0.5) is 18.9 Å². The number of anilines is 1. The Morgan fingerprint density at radius 2 is 1.85 bits per heavy atom. The summed E-state index contributed by atoms with van der Waals surface area (Å²) in [5.74, 6) is -3.72. The van der Waals surface area contributed by atoms with Crippen molar-refractivity contribution in [3.05, 3.63) is 29.6 Å². The van der Waals surface area contributed by atoms with Crippen molar-refractivity contribution in [2.24, 2.45) is 17.6 Å². The van der Waals surface area contributed by atoms with E-state index in [1.54, 1.807) is 0 Å². The topological polar surface area (TPSA) is 55.1 Å². The zero-order valence-electron chi connectivity index (χ0n) is 11.0. The Balaban J connectivity index is 2.02. The number of hydrogen-bond donors (Lipinski definition) is 2. The highest BCUT2D eigenvalue weighted by Crippen LogP contribution is 2.29. The molecule has 3 N–H and O–H groups in total. The molecule has 3 nitrogen and oxygen atoms in total. The first kappa shape index (κ1) is 14.8. The lowest BCUT2D eigenvalue weighted by molar-refractivity contribution is -0.121. The molecule has 0 unspecified atom stereocenters. The maximum atomic E-state index is 13.5. The average molecular weight is 286 g/mol. The molecule has 2 rings (SSSR count). The molecule has 1 amide bonds. The third kappa shape index (κ3) is 3.30. The van der Waals surface area contributed by atoms with Crippen molar-refractivity contribution in [1.82, 2.24) is 0 Å². The summed E-state index contributed by atoms with van der Waals surface area (Å²) in [5.41, 5.74) is 5.12. The maximum Gasteiger partial charge on any atom is 0.227 e. The summed E-state index contributed by atoms with van der Waals surface area (Å²) in [4.78, 5) is 12.0. The Kier molecular flexibility index (Phi) is 4.65. The molecule has 0 bridgehead atoms. The summed E-state index contributed by atoms with van der Waals surface area (Å²) in [5, 5.41) is 2.27. The Morgan fingerprint density at radius 1 is 1.20 bits per heavy atom. The van der Waals surface area contributed by atoms with Crippen LogP contribution in [0.15, 0.2) is 12.1 Å². The molecular formula is C14H17F3N2O. The molecule has 0 radical (unpaired) electrons. The first-order valence-corrected chi connectivity index (χ1v) is 6.66. The van der Waals surface area contributed by atoms with Gasteiger partial charge in [0.1, 0.15) is 5.82 Å². The Labute approximate surface area is 115 Å². The number of nitrogens with one attached hydrogen (secondary N) is 1. The van der Waals surface area contributed by atoms with Crippen LogP contribution in [0.2, 0.25) is 0 Å². The fourth-order valence-electron chi connectivity index (χ4n) is 2.54. The highest BCUT2D eigenvalue weighted by Gasteiger charge is 2.26. The van der Waals surface area contributed by atoms with Crippen molar-refractivity contribution in [3.63, 3.8) is 0 Å². The summed E-state index contributed by atoms with van der Waals surface area (Å²) in [7, 11) is 0. The van der Waals surface area contributed by atoms with Crippen LogP contribution in [-0.4, -0.2) is 12.5 Å². The van der Waals surface area contributed by atoms with Crippen LogP contribution < -0.4 is 11.1 Å². The van der Waals surface area contributed by atoms with Gasteiger partial charge in [0.25, 0.3) is 0 Å². The second-order valence-electron chi connectivity index (χ2n) is 5.19. The van der Waals surface area contributed by atoms with Gasteiger partial charge in [-0.25, -0.2) is 13.2 Å². The second kappa shape index (κ2) is 6.26. The van der Waals surface area contributed by atoms with Crippen molar-refractivity contribution < 1.29 is 18.0 Å². The minimum absolute atomic E-state index is 0.261. The van der Waals surface area contributed by atoms with Gasteiger partial charge in [-0.15, -0.1) is 0 Å². The van der Waals surface area contributed by atoms with E-state index in [4.69, 9.17) is 5.73 Å². The third-order valence-electron chi connectivity index (χ3n) is 3.80. The van der Waals surface area contributed by atoms with Crippen LogP contribution in [0.1, 0.15) is 25.7 Å². The number of amides is 1. The van der Waals surface area contributed by atoms with Gasteiger partial charge >= 0.3 is 0 Å². The molecule has 0 atom stereocenters. The summed E-state index contributed by atoms with van der Waals surface area (Å²) >= 11 is 0. The van der Waals surface area contributed by atoms with Gasteiger partial charge < -0.3 is 11.1 Å². The van der Waals surface area contributed by atoms with Gasteiger partial charge in [0.05, 0.1) is 5.69 Å². The predicted octanol–water partition coefficient (Wildman–Crippen LogP) is 2.81. The lowest BCUT2D eigenvalue weighted by Crippen LogP contribution is -2.29. The average Bonchev–Trinajstić information content (AvgIpc) is 2.44. The van der Waals surface area contributed by atoms with Crippen molar-refractivity contribution >= 4 is 11.6 Å². The van der Waals surface area contributed by atoms with Crippen LogP contribution in [0.5, 0.6) is 0 Å². The van der Waals surface area contributed by atoms with Gasteiger partial charge in [-0.3, -0.25) is 4.79 Å². The molecule has 1 aliphatic carbocycles. The molecule has 0 aliphatic heterocycles. The van der Waals surface area contributed by atoms with Crippen molar-refractivity contribution in [2.75, 3.05) is 11.9 Å². The van der Waals surface area contributed by atoms with Gasteiger partial charge in [-0.1, -0.05) is 0 Å². The lowest BCUT2D eigenvalue weighted by atomic mass is 9.81. The molecule has 0 saturated heterocycles. The van der Waals surface area contributed by atoms with E-state index in [1.165, 1.54) is 0 Å². The number of carbonyl (C=O) groups excluding carboxylic acids is 1. The van der Waals surface area contributed by atoms with E-state index >= 15 is 0 Å². The SMILES string of the molecule is NCC1CCC(C(=O)Nc2cc(F)cc(F)c2F)CC1. The molecule has 0 aromatic heterocycles. The first-order valence-electron chi connectivity index (χ1n) is 6.66. The molecule has 20 heavy (non-hydrogen) atoms. The van der Waals surface area contributed by atoms with Crippen molar-refractivity contribution in [1.29, 1.82) is 0 Å². The molecule has 1 fully saturated rings. The van der Waals surface area contributed by atoms with Crippen LogP contribution in [-0.2, 0) is 4.79 Å². The van der Waals surface area contributed by atoms with E-state index in [9.17, 15) is 18.0 Å². The van der Waals surface area contributed by atoms with E-state index in [0.29, 0.717) is 31.4 Å². The van der Waals surface area contributed by atoms with Gasteiger partial charge in [-0.05, 0) is 38.1 Å². The highest BCUT2D eigenvalue weighted by molar-refractivity contribution is 5.92. The monoisotopic (exact) mass is 286 g/mol. The number of halogens is 3. The second-order valence-corrected chi connectivity index (χ2v) is 5.19. The van der Waals surface area contributed by atoms with E-state index in [0.717, 1.165) is 18.9 Å². The molecule has 6 heteroatoms. The number of hydrogen-bond acceptors (Lipinski definition) is 2. The number of rotatable bonds is 3. The van der Waals surface area contributed by atoms with Crippen molar-refractivity contribution in [2.45, 2.75) is 25.7 Å². The van der Waals surface area contributed by atoms with Gasteiger partial charge in [0.2, 0.25) is 5.91 Å². The van der Waals surface area contributed by atoms with E-state index < -0.39 is 29.0 Å². The fourth-order valence-corrected chi connectivity index (χ4v) is 2.54. The number of carbonyl (C=O) groups is 1. The standard InChI is InChI=1S/C14H17F3N2O/c15-10-5-11(16)13(17)12(6-10)19-14(20)9-3-1-8(7-18)2-4-9/h5-6,8-9H,1-4,7,18H2,(H,19,20). The molecule has 1 aromatic rings. The third-order valence-corrected chi connectivity index (χ3v) is 3.80. The summed E-state index contributed by atoms with van der Waals surface area (Å²) in [6.07, 6.45) is 3.00. The van der Waals surface area contributed by atoms with Crippen LogP contribution in [0.3, 0.4) is 0 Å². The number of nitrogens with two attached hydrogens (primary N) is 1. The molecule has 1 aromatic carbocycles. The first-order chi connectivity index (χ1) is 9.51. The number of benzene rings is 1. The Hall–Kier alpha value is -1.56. The van der Waals surface area contributed by atoms with Crippen molar-refractivity contribution in [3.8, 4) is 0 Å². The van der Waals surface area contributed by atoms with E-state index in [-0.39, 0.29) is 5.92 Å². The summed E-state index contributed by atoms with van der Waals surface area (Å²) in [6, 6.07) is 1.22. The van der Waals surface area contributed by atoms with E-state index in [2.05, 4.69) is 5.32 Å². The predicted molar refractivity (Wildman–Crippen MR) is 69.4 cm³/mol. The zero-order chi connectivity index (χ0) is 14.7. The Morgan fingerprint density at radius 3 is 2.45 bits per heavy atom. The summed E-state index contributed by atoms with van der Waals surface area (Å²) in [6.45, 7) is 0.595. The van der Waals surface area contributed by atoms with Gasteiger partial charge in [0.15, 0.2) is 11.6 Å². The largest absolute Gasteiger partial charge is 0.330 e. The maximum absolute atomic E-state index is 13.5. The molecule has 0 heterocycles. The van der Waals surface area contributed by atoms with Crippen LogP contribution >= 0.6 is 0 Å². The smallest absolute Gasteiger partial charge is 0.227 e. The fraction of sp³-hybridized carbons (Fsp3) is 0.500. The van der Waals surface area contributed by atoms with Crippen LogP contribution in [0, 0.1) is 29.3 Å². The van der Waals surface area contributed by atoms with Gasteiger partial charge in [0, 0.05) is 18.1 Å².